The second-order valence-corrected chi connectivity index (χ2v) is 7.57. The van der Waals surface area contributed by atoms with E-state index in [0.717, 1.165) is 43.0 Å². The maximum Gasteiger partial charge on any atom is 0.110 e. The molecule has 0 aromatic rings. The quantitative estimate of drug-likeness (QED) is 0.835. The van der Waals surface area contributed by atoms with Crippen molar-refractivity contribution >= 4 is 6.21 Å². The van der Waals surface area contributed by atoms with Crippen molar-refractivity contribution in [2.45, 2.75) is 32.7 Å². The van der Waals surface area contributed by atoms with E-state index in [1.807, 2.05) is 32.2 Å². The Bertz CT molecular complexity index is 701. The summed E-state index contributed by atoms with van der Waals surface area (Å²) in [6.45, 7) is 5.88. The van der Waals surface area contributed by atoms with Crippen molar-refractivity contribution in [3.8, 4) is 0 Å². The molecule has 4 heteroatoms. The van der Waals surface area contributed by atoms with Crippen LogP contribution in [0.4, 0.5) is 4.39 Å². The molecule has 1 N–H and O–H groups in total. The average molecular weight is 325 g/mol. The highest BCUT2D eigenvalue weighted by Crippen LogP contribution is 2.38. The number of fused-ring (bicyclic) bond motifs is 1. The van der Waals surface area contributed by atoms with Crippen molar-refractivity contribution in [3.05, 3.63) is 59.4 Å². The molecule has 0 aromatic heterocycles. The molecule has 4 aliphatic rings. The highest BCUT2D eigenvalue weighted by molar-refractivity contribution is 5.74. The Hall–Kier alpha value is -2.10. The van der Waals surface area contributed by atoms with Crippen LogP contribution in [0.5, 0.6) is 0 Å². The Kier molecular flexibility index (Phi) is 3.70. The predicted molar refractivity (Wildman–Crippen MR) is 96.1 cm³/mol. The molecule has 0 bridgehead atoms. The normalized spacial score (nSPS) is 28.6. The van der Waals surface area contributed by atoms with Gasteiger partial charge in [-0.05, 0) is 63.0 Å². The van der Waals surface area contributed by atoms with Gasteiger partial charge < -0.3 is 10.2 Å². The third kappa shape index (κ3) is 2.74. The molecule has 1 aliphatic carbocycles. The molecule has 0 spiro atoms. The van der Waals surface area contributed by atoms with E-state index in [2.05, 4.69) is 33.4 Å². The lowest BCUT2D eigenvalue weighted by atomic mass is 9.83. The van der Waals surface area contributed by atoms with Crippen LogP contribution in [0.3, 0.4) is 0 Å². The highest BCUT2D eigenvalue weighted by atomic mass is 19.1. The number of likely N-dealkylation sites (tertiary alicyclic amines) is 1. The first-order chi connectivity index (χ1) is 11.5. The van der Waals surface area contributed by atoms with Gasteiger partial charge >= 0.3 is 0 Å². The smallest absolute Gasteiger partial charge is 0.110 e. The minimum Gasteiger partial charge on any atom is -0.358 e. The number of nitrogens with one attached hydrogen (secondary N) is 1. The number of rotatable bonds is 2. The number of halogens is 1. The Morgan fingerprint density at radius 3 is 2.75 bits per heavy atom. The average Bonchev–Trinajstić information content (AvgIpc) is 3.10. The monoisotopic (exact) mass is 325 g/mol. The number of nitrogens with zero attached hydrogens (tertiary/aromatic N) is 2. The van der Waals surface area contributed by atoms with Crippen LogP contribution in [0.25, 0.3) is 0 Å². The van der Waals surface area contributed by atoms with Crippen molar-refractivity contribution in [1.29, 1.82) is 0 Å². The molecule has 4 rings (SSSR count). The SMILES string of the molecule is CC1(C)C=C2NC(N3CCC(C4C=CC=N4)CC3)=CC=C2C=C1F. The first-order valence-corrected chi connectivity index (χ1v) is 8.78. The van der Waals surface area contributed by atoms with Crippen LogP contribution in [0.2, 0.25) is 0 Å². The van der Waals surface area contributed by atoms with Crippen LogP contribution in [-0.2, 0) is 0 Å². The third-order valence-corrected chi connectivity index (χ3v) is 5.41. The highest BCUT2D eigenvalue weighted by Gasteiger charge is 2.31. The standard InChI is InChI=1S/C20H24FN3/c1-20(2)13-17-15(12-18(20)21)5-6-19(23-17)24-10-7-14(8-11-24)16-4-3-9-22-16/h3-6,9,12-14,16,23H,7-8,10-11H2,1-2H3. The van der Waals surface area contributed by atoms with Gasteiger partial charge in [-0.15, -0.1) is 0 Å². The molecule has 1 saturated heterocycles. The van der Waals surface area contributed by atoms with Gasteiger partial charge in [0, 0.05) is 36.0 Å². The summed E-state index contributed by atoms with van der Waals surface area (Å²) >= 11 is 0. The zero-order valence-electron chi connectivity index (χ0n) is 14.3. The van der Waals surface area contributed by atoms with Crippen molar-refractivity contribution < 1.29 is 4.39 Å². The molecule has 0 radical (unpaired) electrons. The molecule has 24 heavy (non-hydrogen) atoms. The lowest BCUT2D eigenvalue weighted by Crippen LogP contribution is -2.41. The summed E-state index contributed by atoms with van der Waals surface area (Å²) in [5.41, 5.74) is 1.40. The lowest BCUT2D eigenvalue weighted by molar-refractivity contribution is 0.209. The van der Waals surface area contributed by atoms with Crippen LogP contribution >= 0.6 is 0 Å². The second-order valence-electron chi connectivity index (χ2n) is 7.57. The van der Waals surface area contributed by atoms with E-state index in [1.165, 1.54) is 0 Å². The zero-order chi connectivity index (χ0) is 16.7. The molecule has 0 aromatic carbocycles. The number of allylic oxidation sites excluding steroid dienone is 6. The molecule has 3 heterocycles. The van der Waals surface area contributed by atoms with Crippen molar-refractivity contribution in [3.63, 3.8) is 0 Å². The van der Waals surface area contributed by atoms with E-state index in [0.29, 0.717) is 12.0 Å². The number of piperidine rings is 1. The molecule has 1 fully saturated rings. The minimum atomic E-state index is -0.540. The van der Waals surface area contributed by atoms with Gasteiger partial charge in [0.2, 0.25) is 0 Å². The van der Waals surface area contributed by atoms with Crippen LogP contribution in [0.15, 0.2) is 64.4 Å². The molecular weight excluding hydrogens is 301 g/mol. The van der Waals surface area contributed by atoms with E-state index < -0.39 is 5.41 Å². The Morgan fingerprint density at radius 2 is 2.04 bits per heavy atom. The Morgan fingerprint density at radius 1 is 1.25 bits per heavy atom. The van der Waals surface area contributed by atoms with E-state index in [9.17, 15) is 4.39 Å². The van der Waals surface area contributed by atoms with E-state index in [4.69, 9.17) is 0 Å². The van der Waals surface area contributed by atoms with Crippen molar-refractivity contribution in [1.82, 2.24) is 10.2 Å². The van der Waals surface area contributed by atoms with Crippen LogP contribution in [0, 0.1) is 11.3 Å². The van der Waals surface area contributed by atoms with Crippen LogP contribution in [-0.4, -0.2) is 30.2 Å². The van der Waals surface area contributed by atoms with Gasteiger partial charge in [0.25, 0.3) is 0 Å². The molecule has 3 nitrogen and oxygen atoms in total. The van der Waals surface area contributed by atoms with E-state index in [1.54, 1.807) is 6.08 Å². The van der Waals surface area contributed by atoms with Gasteiger partial charge in [0.05, 0.1) is 6.04 Å². The topological polar surface area (TPSA) is 27.6 Å². The van der Waals surface area contributed by atoms with Gasteiger partial charge in [-0.25, -0.2) is 4.39 Å². The van der Waals surface area contributed by atoms with Crippen LogP contribution < -0.4 is 5.32 Å². The third-order valence-electron chi connectivity index (χ3n) is 5.41. The molecule has 0 saturated carbocycles. The number of dihydropyridines is 1. The fraction of sp³-hybridized carbons (Fsp3) is 0.450. The fourth-order valence-corrected chi connectivity index (χ4v) is 3.82. The Balaban J connectivity index is 1.45. The lowest BCUT2D eigenvalue weighted by Gasteiger charge is -2.38. The summed E-state index contributed by atoms with van der Waals surface area (Å²) in [4.78, 5) is 6.93. The molecule has 1 unspecified atom stereocenters. The van der Waals surface area contributed by atoms with Gasteiger partial charge in [-0.2, -0.15) is 0 Å². The predicted octanol–water partition coefficient (Wildman–Crippen LogP) is 3.86. The molecule has 1 atom stereocenters. The van der Waals surface area contributed by atoms with Gasteiger partial charge in [-0.1, -0.05) is 6.08 Å². The van der Waals surface area contributed by atoms with Gasteiger partial charge in [0.1, 0.15) is 11.6 Å². The van der Waals surface area contributed by atoms with Crippen molar-refractivity contribution in [2.24, 2.45) is 16.3 Å². The first kappa shape index (κ1) is 15.4. The Labute approximate surface area is 143 Å². The van der Waals surface area contributed by atoms with Crippen molar-refractivity contribution in [2.75, 3.05) is 13.1 Å². The molecule has 3 aliphatic heterocycles. The maximum atomic E-state index is 14.1. The summed E-state index contributed by atoms with van der Waals surface area (Å²) in [6.07, 6.45) is 16.2. The fourth-order valence-electron chi connectivity index (χ4n) is 3.82. The summed E-state index contributed by atoms with van der Waals surface area (Å²) in [5, 5.41) is 3.51. The van der Waals surface area contributed by atoms with E-state index >= 15 is 0 Å². The summed E-state index contributed by atoms with van der Waals surface area (Å²) in [7, 11) is 0. The zero-order valence-corrected chi connectivity index (χ0v) is 14.3. The van der Waals surface area contributed by atoms with Gasteiger partial charge in [-0.3, -0.25) is 4.99 Å². The number of hydrogen-bond donors (Lipinski definition) is 1. The number of hydrogen-bond acceptors (Lipinski definition) is 3. The maximum absolute atomic E-state index is 14.1. The largest absolute Gasteiger partial charge is 0.358 e. The summed E-state index contributed by atoms with van der Waals surface area (Å²) in [5.74, 6) is 1.69. The van der Waals surface area contributed by atoms with Crippen LogP contribution in [0.1, 0.15) is 26.7 Å². The first-order valence-electron chi connectivity index (χ1n) is 8.78. The van der Waals surface area contributed by atoms with Gasteiger partial charge in [0.15, 0.2) is 0 Å². The summed E-state index contributed by atoms with van der Waals surface area (Å²) < 4.78 is 14.1. The minimum absolute atomic E-state index is 0.0814. The molecule has 0 amide bonds. The number of aliphatic imine (C=N–C) groups is 1. The van der Waals surface area contributed by atoms with E-state index in [-0.39, 0.29) is 5.83 Å². The molecule has 126 valence electrons. The second kappa shape index (κ2) is 5.76. The molecular formula is C20H24FN3. The summed E-state index contributed by atoms with van der Waals surface area (Å²) in [6, 6.07) is 0.377.